The van der Waals surface area contributed by atoms with E-state index in [1.54, 1.807) is 23.6 Å². The van der Waals surface area contributed by atoms with Crippen molar-refractivity contribution >= 4 is 38.4 Å². The first kappa shape index (κ1) is 22.3. The number of hydrogen-bond donors (Lipinski definition) is 2. The van der Waals surface area contributed by atoms with Crippen LogP contribution in [-0.2, 0) is 19.6 Å². The summed E-state index contributed by atoms with van der Waals surface area (Å²) in [4.78, 5) is 28.3. The van der Waals surface area contributed by atoms with Crippen molar-refractivity contribution in [1.82, 2.24) is 4.98 Å². The minimum Gasteiger partial charge on any atom is -0.497 e. The fraction of sp³-hybridized carbons (Fsp3) is 0.167. The first-order chi connectivity index (χ1) is 14.7. The SMILES string of the molecule is COc1ccc(OC)c(-c2csc(NC(=O)COC(=O)c3ccc(S(N)(=O)=O)o3)n2)c1. The molecule has 1 aromatic carbocycles. The molecule has 0 spiro atoms. The lowest BCUT2D eigenvalue weighted by Crippen LogP contribution is -2.20. The van der Waals surface area contributed by atoms with Crippen molar-refractivity contribution in [2.24, 2.45) is 5.14 Å². The predicted molar refractivity (Wildman–Crippen MR) is 110 cm³/mol. The molecule has 0 atom stereocenters. The van der Waals surface area contributed by atoms with Crippen molar-refractivity contribution in [3.8, 4) is 22.8 Å². The quantitative estimate of drug-likeness (QED) is 0.471. The second-order valence-electron chi connectivity index (χ2n) is 5.89. The van der Waals surface area contributed by atoms with Crippen LogP contribution in [0.15, 0.2) is 45.2 Å². The van der Waals surface area contributed by atoms with Crippen LogP contribution in [-0.4, -0.2) is 46.1 Å². The van der Waals surface area contributed by atoms with Crippen molar-refractivity contribution in [3.05, 3.63) is 41.5 Å². The molecule has 2 aromatic heterocycles. The number of nitrogens with two attached hydrogens (primary N) is 1. The van der Waals surface area contributed by atoms with Gasteiger partial charge < -0.3 is 18.6 Å². The van der Waals surface area contributed by atoms with Gasteiger partial charge in [0.05, 0.1) is 19.9 Å². The highest BCUT2D eigenvalue weighted by Crippen LogP contribution is 2.35. The Morgan fingerprint density at radius 2 is 1.97 bits per heavy atom. The Hall–Kier alpha value is -3.42. The van der Waals surface area contributed by atoms with Crippen LogP contribution in [0.2, 0.25) is 0 Å². The summed E-state index contributed by atoms with van der Waals surface area (Å²) in [5, 5.41) is 8.81. The molecule has 0 aliphatic carbocycles. The molecule has 2 heterocycles. The van der Waals surface area contributed by atoms with Crippen LogP contribution in [0.1, 0.15) is 10.6 Å². The number of carbonyl (C=O) groups is 2. The average Bonchev–Trinajstić information content (AvgIpc) is 3.41. The Labute approximate surface area is 180 Å². The maximum Gasteiger partial charge on any atom is 0.374 e. The van der Waals surface area contributed by atoms with Crippen LogP contribution >= 0.6 is 11.3 Å². The van der Waals surface area contributed by atoms with Gasteiger partial charge in [0, 0.05) is 10.9 Å². The number of carbonyl (C=O) groups excluding carboxylic acids is 2. The molecule has 0 aliphatic heterocycles. The number of furan rings is 1. The van der Waals surface area contributed by atoms with E-state index < -0.39 is 39.4 Å². The number of hydrogen-bond acceptors (Lipinski definition) is 10. The number of esters is 1. The first-order valence-electron chi connectivity index (χ1n) is 8.49. The first-order valence-corrected chi connectivity index (χ1v) is 10.9. The van der Waals surface area contributed by atoms with Crippen molar-refractivity contribution in [2.45, 2.75) is 5.09 Å². The second kappa shape index (κ2) is 9.16. The van der Waals surface area contributed by atoms with Gasteiger partial charge in [0.1, 0.15) is 11.5 Å². The number of sulfonamides is 1. The smallest absolute Gasteiger partial charge is 0.374 e. The number of anilines is 1. The Balaban J connectivity index is 1.62. The van der Waals surface area contributed by atoms with E-state index in [0.717, 1.165) is 23.5 Å². The number of ether oxygens (including phenoxy) is 3. The molecule has 0 unspecified atom stereocenters. The minimum atomic E-state index is -4.10. The van der Waals surface area contributed by atoms with E-state index in [1.165, 1.54) is 14.2 Å². The number of amides is 1. The number of benzene rings is 1. The maximum atomic E-state index is 12.1. The molecular weight excluding hydrogens is 450 g/mol. The minimum absolute atomic E-state index is 0.274. The van der Waals surface area contributed by atoms with Gasteiger partial charge in [0.2, 0.25) is 10.9 Å². The van der Waals surface area contributed by atoms with Gasteiger partial charge >= 0.3 is 5.97 Å². The van der Waals surface area contributed by atoms with E-state index in [2.05, 4.69) is 10.3 Å². The van der Waals surface area contributed by atoms with E-state index in [9.17, 15) is 18.0 Å². The second-order valence-corrected chi connectivity index (χ2v) is 8.24. The molecule has 3 rings (SSSR count). The van der Waals surface area contributed by atoms with E-state index in [1.807, 2.05) is 0 Å². The summed E-state index contributed by atoms with van der Waals surface area (Å²) < 4.78 is 42.5. The summed E-state index contributed by atoms with van der Waals surface area (Å²) in [6.07, 6.45) is 0. The van der Waals surface area contributed by atoms with Gasteiger partial charge in [-0.2, -0.15) is 0 Å². The van der Waals surface area contributed by atoms with Crippen LogP contribution in [0, 0.1) is 0 Å². The zero-order valence-corrected chi connectivity index (χ0v) is 17.9. The molecule has 3 N–H and O–H groups in total. The van der Waals surface area contributed by atoms with Gasteiger partial charge in [-0.25, -0.2) is 23.3 Å². The standard InChI is InChI=1S/C18H17N3O8S2/c1-26-10-3-4-13(27-2)11(7-10)12-9-30-18(20-12)21-15(22)8-28-17(23)14-5-6-16(29-14)31(19,24)25/h3-7,9H,8H2,1-2H3,(H2,19,24,25)(H,20,21,22). The van der Waals surface area contributed by atoms with E-state index in [4.69, 9.17) is 23.8 Å². The zero-order chi connectivity index (χ0) is 22.6. The molecule has 0 radical (unpaired) electrons. The molecule has 0 saturated carbocycles. The van der Waals surface area contributed by atoms with Gasteiger partial charge in [0.25, 0.3) is 15.9 Å². The number of nitrogens with one attached hydrogen (secondary N) is 1. The van der Waals surface area contributed by atoms with Crippen molar-refractivity contribution < 1.29 is 36.6 Å². The van der Waals surface area contributed by atoms with Crippen molar-refractivity contribution in [2.75, 3.05) is 26.1 Å². The average molecular weight is 467 g/mol. The van der Waals surface area contributed by atoms with Crippen LogP contribution in [0.4, 0.5) is 5.13 Å². The molecule has 0 aliphatic rings. The Morgan fingerprint density at radius 1 is 1.19 bits per heavy atom. The lowest BCUT2D eigenvalue weighted by molar-refractivity contribution is -0.119. The number of methoxy groups -OCH3 is 2. The number of aromatic nitrogens is 1. The summed E-state index contributed by atoms with van der Waals surface area (Å²) in [6, 6.07) is 7.32. The number of rotatable bonds is 8. The highest BCUT2D eigenvalue weighted by molar-refractivity contribution is 7.89. The predicted octanol–water partition coefficient (Wildman–Crippen LogP) is 1.86. The molecule has 0 fully saturated rings. The largest absolute Gasteiger partial charge is 0.497 e. The Morgan fingerprint density at radius 3 is 2.61 bits per heavy atom. The highest BCUT2D eigenvalue weighted by atomic mass is 32.2. The molecule has 31 heavy (non-hydrogen) atoms. The fourth-order valence-electron chi connectivity index (χ4n) is 2.41. The van der Waals surface area contributed by atoms with Crippen LogP contribution in [0.25, 0.3) is 11.3 Å². The van der Waals surface area contributed by atoms with Gasteiger partial charge in [-0.15, -0.1) is 11.3 Å². The van der Waals surface area contributed by atoms with Gasteiger partial charge in [0.15, 0.2) is 11.7 Å². The highest BCUT2D eigenvalue weighted by Gasteiger charge is 2.20. The fourth-order valence-corrected chi connectivity index (χ4v) is 3.60. The zero-order valence-electron chi connectivity index (χ0n) is 16.3. The lowest BCUT2D eigenvalue weighted by atomic mass is 10.1. The van der Waals surface area contributed by atoms with Gasteiger partial charge in [-0.1, -0.05) is 0 Å². The summed E-state index contributed by atoms with van der Waals surface area (Å²) in [6.45, 7) is -0.637. The third kappa shape index (κ3) is 5.39. The molecule has 0 saturated heterocycles. The Bertz CT molecular complexity index is 1220. The van der Waals surface area contributed by atoms with E-state index in [-0.39, 0.29) is 5.13 Å². The van der Waals surface area contributed by atoms with Crippen molar-refractivity contribution in [3.63, 3.8) is 0 Å². The maximum absolute atomic E-state index is 12.1. The normalized spacial score (nSPS) is 11.1. The topological polar surface area (TPSA) is 160 Å². The number of nitrogens with zero attached hydrogens (tertiary/aromatic N) is 1. The third-order valence-electron chi connectivity index (χ3n) is 3.83. The van der Waals surface area contributed by atoms with Gasteiger partial charge in [-0.3, -0.25) is 10.1 Å². The summed E-state index contributed by atoms with van der Waals surface area (Å²) >= 11 is 1.16. The molecule has 3 aromatic rings. The number of thiazole rings is 1. The number of primary sulfonamides is 1. The molecule has 1 amide bonds. The Kier molecular flexibility index (Phi) is 6.58. The summed E-state index contributed by atoms with van der Waals surface area (Å²) in [5.41, 5.74) is 1.23. The summed E-state index contributed by atoms with van der Waals surface area (Å²) in [5.74, 6) is -0.880. The molecule has 13 heteroatoms. The van der Waals surface area contributed by atoms with Crippen molar-refractivity contribution in [1.29, 1.82) is 0 Å². The van der Waals surface area contributed by atoms with E-state index in [0.29, 0.717) is 22.8 Å². The lowest BCUT2D eigenvalue weighted by Gasteiger charge is -2.08. The van der Waals surface area contributed by atoms with Crippen LogP contribution in [0.5, 0.6) is 11.5 Å². The summed E-state index contributed by atoms with van der Waals surface area (Å²) in [7, 11) is -1.03. The molecule has 0 bridgehead atoms. The van der Waals surface area contributed by atoms with Gasteiger partial charge in [-0.05, 0) is 30.3 Å². The van der Waals surface area contributed by atoms with E-state index >= 15 is 0 Å². The van der Waals surface area contributed by atoms with Crippen LogP contribution in [0.3, 0.4) is 0 Å². The molecular formula is C18H17N3O8S2. The van der Waals surface area contributed by atoms with Crippen LogP contribution < -0.4 is 19.9 Å². The molecule has 164 valence electrons. The third-order valence-corrected chi connectivity index (χ3v) is 5.37. The monoisotopic (exact) mass is 467 g/mol. The molecule has 11 nitrogen and oxygen atoms in total.